The first kappa shape index (κ1) is 15.3. The van der Waals surface area contributed by atoms with Crippen molar-refractivity contribution in [2.75, 3.05) is 13.7 Å². The second-order valence-electron chi connectivity index (χ2n) is 6.47. The summed E-state index contributed by atoms with van der Waals surface area (Å²) in [6, 6.07) is 7.23. The van der Waals surface area contributed by atoms with E-state index in [1.165, 1.54) is 0 Å². The molecule has 2 bridgehead atoms. The lowest BCUT2D eigenvalue weighted by atomic mass is 9.84. The number of methoxy groups -OCH3 is 1. The summed E-state index contributed by atoms with van der Waals surface area (Å²) < 4.78 is 5.14. The second kappa shape index (κ2) is 6.26. The molecule has 3 rings (SSSR count). The van der Waals surface area contributed by atoms with Gasteiger partial charge in [0.05, 0.1) is 19.1 Å². The minimum absolute atomic E-state index is 0.0124. The Morgan fingerprint density at radius 3 is 2.91 bits per heavy atom. The molecular weight excluding hydrogens is 280 g/mol. The van der Waals surface area contributed by atoms with Crippen LogP contribution in [0.2, 0.25) is 0 Å². The standard InChI is InChI=1S/C17H24N2O3/c1-22-13-4-2-3-10(8-13)14(20)9-19-17(21)15-11-5-6-12(7-11)16(15)18/h2-4,8,11-12,14-16,20H,5-7,9,18H2,1H3,(H,19,21). The number of nitrogens with one attached hydrogen (secondary N) is 1. The van der Waals surface area contributed by atoms with Crippen molar-refractivity contribution in [3.05, 3.63) is 29.8 Å². The Morgan fingerprint density at radius 1 is 1.45 bits per heavy atom. The molecule has 2 aliphatic rings. The van der Waals surface area contributed by atoms with Crippen LogP contribution in [0.3, 0.4) is 0 Å². The lowest BCUT2D eigenvalue weighted by Gasteiger charge is -2.27. The van der Waals surface area contributed by atoms with Crippen molar-refractivity contribution in [2.45, 2.75) is 31.4 Å². The van der Waals surface area contributed by atoms with Gasteiger partial charge in [0, 0.05) is 12.6 Å². The van der Waals surface area contributed by atoms with Crippen molar-refractivity contribution in [3.63, 3.8) is 0 Å². The molecule has 22 heavy (non-hydrogen) atoms. The number of carbonyl (C=O) groups excluding carboxylic acids is 1. The molecule has 2 saturated carbocycles. The molecule has 0 radical (unpaired) electrons. The summed E-state index contributed by atoms with van der Waals surface area (Å²) >= 11 is 0. The number of benzene rings is 1. The van der Waals surface area contributed by atoms with E-state index in [9.17, 15) is 9.90 Å². The van der Waals surface area contributed by atoms with E-state index in [1.807, 2.05) is 18.2 Å². The lowest BCUT2D eigenvalue weighted by Crippen LogP contribution is -2.46. The van der Waals surface area contributed by atoms with Gasteiger partial charge >= 0.3 is 0 Å². The predicted octanol–water partition coefficient (Wildman–Crippen LogP) is 1.22. The van der Waals surface area contributed by atoms with Gasteiger partial charge in [-0.3, -0.25) is 4.79 Å². The van der Waals surface area contributed by atoms with E-state index in [-0.39, 0.29) is 24.4 Å². The Hall–Kier alpha value is -1.59. The van der Waals surface area contributed by atoms with Gasteiger partial charge in [-0.2, -0.15) is 0 Å². The molecule has 2 fully saturated rings. The van der Waals surface area contributed by atoms with Gasteiger partial charge in [-0.15, -0.1) is 0 Å². The van der Waals surface area contributed by atoms with Crippen LogP contribution in [0.5, 0.6) is 5.75 Å². The monoisotopic (exact) mass is 304 g/mol. The fraction of sp³-hybridized carbons (Fsp3) is 0.588. The number of ether oxygens (including phenoxy) is 1. The highest BCUT2D eigenvalue weighted by Gasteiger charge is 2.48. The first-order valence-corrected chi connectivity index (χ1v) is 7.95. The minimum atomic E-state index is -0.742. The number of amides is 1. The quantitative estimate of drug-likeness (QED) is 0.763. The van der Waals surface area contributed by atoms with Crippen LogP contribution in [-0.4, -0.2) is 30.7 Å². The maximum Gasteiger partial charge on any atom is 0.225 e. The van der Waals surface area contributed by atoms with Crippen LogP contribution in [0.4, 0.5) is 0 Å². The average Bonchev–Trinajstić information content (AvgIpc) is 3.13. The molecular formula is C17H24N2O3. The van der Waals surface area contributed by atoms with E-state index >= 15 is 0 Å². The van der Waals surface area contributed by atoms with Crippen molar-refractivity contribution in [3.8, 4) is 5.75 Å². The van der Waals surface area contributed by atoms with Gasteiger partial charge in [-0.05, 0) is 48.8 Å². The third-order valence-electron chi connectivity index (χ3n) is 5.23. The topological polar surface area (TPSA) is 84.6 Å². The van der Waals surface area contributed by atoms with E-state index in [2.05, 4.69) is 5.32 Å². The summed E-state index contributed by atoms with van der Waals surface area (Å²) in [6.07, 6.45) is 2.60. The van der Waals surface area contributed by atoms with Crippen LogP contribution in [0, 0.1) is 17.8 Å². The van der Waals surface area contributed by atoms with E-state index in [1.54, 1.807) is 13.2 Å². The Morgan fingerprint density at radius 2 is 2.23 bits per heavy atom. The molecule has 0 spiro atoms. The molecule has 5 unspecified atom stereocenters. The molecule has 5 atom stereocenters. The highest BCUT2D eigenvalue weighted by atomic mass is 16.5. The van der Waals surface area contributed by atoms with Gasteiger partial charge in [0.1, 0.15) is 5.75 Å². The maximum absolute atomic E-state index is 12.4. The van der Waals surface area contributed by atoms with Crippen molar-refractivity contribution < 1.29 is 14.6 Å². The van der Waals surface area contributed by atoms with Crippen LogP contribution < -0.4 is 15.8 Å². The largest absolute Gasteiger partial charge is 0.497 e. The van der Waals surface area contributed by atoms with Gasteiger partial charge in [0.15, 0.2) is 0 Å². The average molecular weight is 304 g/mol. The molecule has 1 amide bonds. The van der Waals surface area contributed by atoms with Crippen molar-refractivity contribution in [2.24, 2.45) is 23.5 Å². The summed E-state index contributed by atoms with van der Waals surface area (Å²) in [5.74, 6) is 1.52. The minimum Gasteiger partial charge on any atom is -0.497 e. The van der Waals surface area contributed by atoms with Gasteiger partial charge < -0.3 is 20.9 Å². The van der Waals surface area contributed by atoms with Gasteiger partial charge in [0.25, 0.3) is 0 Å². The van der Waals surface area contributed by atoms with Gasteiger partial charge in [-0.1, -0.05) is 12.1 Å². The number of aliphatic hydroxyl groups excluding tert-OH is 1. The Kier molecular flexibility index (Phi) is 4.36. The molecule has 0 aromatic heterocycles. The summed E-state index contributed by atoms with van der Waals surface area (Å²) in [5, 5.41) is 13.1. The zero-order valence-corrected chi connectivity index (χ0v) is 12.9. The highest BCUT2D eigenvalue weighted by Crippen LogP contribution is 2.47. The zero-order chi connectivity index (χ0) is 15.7. The fourth-order valence-electron chi connectivity index (χ4n) is 4.01. The molecule has 120 valence electrons. The normalized spacial score (nSPS) is 31.0. The van der Waals surface area contributed by atoms with Gasteiger partial charge in [0.2, 0.25) is 5.91 Å². The first-order valence-electron chi connectivity index (χ1n) is 7.95. The molecule has 0 aliphatic heterocycles. The zero-order valence-electron chi connectivity index (χ0n) is 12.9. The van der Waals surface area contributed by atoms with E-state index in [0.717, 1.165) is 24.8 Å². The molecule has 4 N–H and O–H groups in total. The van der Waals surface area contributed by atoms with E-state index in [0.29, 0.717) is 17.6 Å². The fourth-order valence-corrected chi connectivity index (χ4v) is 4.01. The maximum atomic E-state index is 12.4. The van der Waals surface area contributed by atoms with Crippen molar-refractivity contribution in [1.29, 1.82) is 0 Å². The van der Waals surface area contributed by atoms with E-state index in [4.69, 9.17) is 10.5 Å². The number of carbonyl (C=O) groups is 1. The number of rotatable bonds is 5. The molecule has 2 aliphatic carbocycles. The summed E-state index contributed by atoms with van der Waals surface area (Å²) in [4.78, 5) is 12.4. The molecule has 1 aromatic rings. The molecule has 1 aromatic carbocycles. The van der Waals surface area contributed by atoms with Crippen LogP contribution in [0.15, 0.2) is 24.3 Å². The smallest absolute Gasteiger partial charge is 0.225 e. The summed E-state index contributed by atoms with van der Waals surface area (Å²) in [6.45, 7) is 0.201. The molecule has 5 heteroatoms. The predicted molar refractivity (Wildman–Crippen MR) is 83.3 cm³/mol. The van der Waals surface area contributed by atoms with Gasteiger partial charge in [-0.25, -0.2) is 0 Å². The number of fused-ring (bicyclic) bond motifs is 2. The van der Waals surface area contributed by atoms with E-state index < -0.39 is 6.10 Å². The number of hydrogen-bond acceptors (Lipinski definition) is 4. The molecule has 5 nitrogen and oxygen atoms in total. The van der Waals surface area contributed by atoms with Crippen LogP contribution in [0.25, 0.3) is 0 Å². The summed E-state index contributed by atoms with van der Waals surface area (Å²) in [5.41, 5.74) is 6.91. The first-order chi connectivity index (χ1) is 10.6. The van der Waals surface area contributed by atoms with Crippen LogP contribution >= 0.6 is 0 Å². The highest BCUT2D eigenvalue weighted by molar-refractivity contribution is 5.80. The third-order valence-corrected chi connectivity index (χ3v) is 5.23. The molecule has 0 heterocycles. The number of hydrogen-bond donors (Lipinski definition) is 3. The van der Waals surface area contributed by atoms with Crippen LogP contribution in [-0.2, 0) is 4.79 Å². The van der Waals surface area contributed by atoms with Crippen LogP contribution in [0.1, 0.15) is 30.9 Å². The third kappa shape index (κ3) is 2.83. The Bertz CT molecular complexity index is 546. The van der Waals surface area contributed by atoms with Crippen molar-refractivity contribution in [1.82, 2.24) is 5.32 Å². The SMILES string of the molecule is COc1cccc(C(O)CNC(=O)C2C3CCC(C3)C2N)c1. The molecule has 0 saturated heterocycles. The summed E-state index contributed by atoms with van der Waals surface area (Å²) in [7, 11) is 1.59. The lowest BCUT2D eigenvalue weighted by molar-refractivity contribution is -0.127. The Labute approximate surface area is 130 Å². The Balaban J connectivity index is 1.56. The second-order valence-corrected chi connectivity index (χ2v) is 6.47. The number of aliphatic hydroxyl groups is 1. The van der Waals surface area contributed by atoms with Crippen molar-refractivity contribution >= 4 is 5.91 Å². The number of nitrogens with two attached hydrogens (primary N) is 1.